The van der Waals surface area contributed by atoms with Crippen LogP contribution in [0.1, 0.15) is 31.4 Å². The second-order valence-corrected chi connectivity index (χ2v) is 4.81. The number of nitrogens with zero attached hydrogens (tertiary/aromatic N) is 2. The van der Waals surface area contributed by atoms with Crippen molar-refractivity contribution in [1.29, 1.82) is 0 Å². The third-order valence-corrected chi connectivity index (χ3v) is 3.30. The molecule has 0 fully saturated rings. The molecule has 0 saturated carbocycles. The maximum atomic E-state index is 11.6. The van der Waals surface area contributed by atoms with Crippen LogP contribution in [0.25, 0.3) is 0 Å². The van der Waals surface area contributed by atoms with Gasteiger partial charge in [-0.3, -0.25) is 4.79 Å². The average molecular weight is 259 g/mol. The topological polar surface area (TPSA) is 52.9 Å². The molecule has 0 aliphatic rings. The Morgan fingerprint density at radius 3 is 2.79 bits per heavy atom. The van der Waals surface area contributed by atoms with E-state index in [1.807, 2.05) is 18.5 Å². The van der Waals surface area contributed by atoms with E-state index in [4.69, 9.17) is 5.73 Å². The summed E-state index contributed by atoms with van der Waals surface area (Å²) in [7, 11) is 0. The molecule has 2 heterocycles. The zero-order valence-corrected chi connectivity index (χ0v) is 11.3. The van der Waals surface area contributed by atoms with Crippen molar-refractivity contribution in [2.24, 2.45) is 5.73 Å². The van der Waals surface area contributed by atoms with Crippen molar-refractivity contribution in [2.45, 2.75) is 38.9 Å². The van der Waals surface area contributed by atoms with Crippen molar-refractivity contribution in [1.82, 2.24) is 9.13 Å². The number of rotatable bonds is 6. The predicted octanol–water partition coefficient (Wildman–Crippen LogP) is 2.15. The summed E-state index contributed by atoms with van der Waals surface area (Å²) in [4.78, 5) is 11.6. The maximum absolute atomic E-state index is 11.6. The Morgan fingerprint density at radius 2 is 2.05 bits per heavy atom. The fourth-order valence-corrected chi connectivity index (χ4v) is 2.16. The lowest BCUT2D eigenvalue weighted by Gasteiger charge is -2.08. The highest BCUT2D eigenvalue weighted by Gasteiger charge is 2.06. The standard InChI is InChI=1S/C15H21N3O/c1-2-5-14(16)13-7-9-17(12-13)10-11-18-8-4-3-6-15(18)19/h3-4,6-9,12,14H,2,5,10-11,16H2,1H3. The Hall–Kier alpha value is -1.81. The fraction of sp³-hybridized carbons (Fsp3) is 0.400. The van der Waals surface area contributed by atoms with Gasteiger partial charge in [-0.05, 0) is 24.1 Å². The summed E-state index contributed by atoms with van der Waals surface area (Å²) in [6.07, 6.45) is 8.01. The molecule has 0 aliphatic heterocycles. The fourth-order valence-electron chi connectivity index (χ4n) is 2.16. The SMILES string of the molecule is CCCC(N)c1ccn(CCn2ccccc2=O)c1. The van der Waals surface area contributed by atoms with E-state index in [-0.39, 0.29) is 11.6 Å². The first-order valence-corrected chi connectivity index (χ1v) is 6.77. The van der Waals surface area contributed by atoms with E-state index in [9.17, 15) is 4.79 Å². The van der Waals surface area contributed by atoms with Gasteiger partial charge in [0, 0.05) is 43.8 Å². The third-order valence-electron chi connectivity index (χ3n) is 3.30. The molecule has 4 nitrogen and oxygen atoms in total. The van der Waals surface area contributed by atoms with Crippen LogP contribution in [0.15, 0.2) is 47.7 Å². The van der Waals surface area contributed by atoms with Crippen molar-refractivity contribution in [3.63, 3.8) is 0 Å². The highest BCUT2D eigenvalue weighted by atomic mass is 16.1. The summed E-state index contributed by atoms with van der Waals surface area (Å²) in [5.41, 5.74) is 7.29. The second-order valence-electron chi connectivity index (χ2n) is 4.81. The van der Waals surface area contributed by atoms with Crippen LogP contribution in [0.2, 0.25) is 0 Å². The van der Waals surface area contributed by atoms with Gasteiger partial charge in [-0.1, -0.05) is 19.4 Å². The second kappa shape index (κ2) is 6.38. The van der Waals surface area contributed by atoms with Gasteiger partial charge in [0.15, 0.2) is 0 Å². The predicted molar refractivity (Wildman–Crippen MR) is 77.0 cm³/mol. The van der Waals surface area contributed by atoms with E-state index < -0.39 is 0 Å². The molecule has 0 amide bonds. The van der Waals surface area contributed by atoms with Gasteiger partial charge in [-0.15, -0.1) is 0 Å². The van der Waals surface area contributed by atoms with Gasteiger partial charge in [0.25, 0.3) is 5.56 Å². The summed E-state index contributed by atoms with van der Waals surface area (Å²) in [6, 6.07) is 7.40. The lowest BCUT2D eigenvalue weighted by atomic mass is 10.1. The average Bonchev–Trinajstić information content (AvgIpc) is 2.87. The van der Waals surface area contributed by atoms with E-state index in [0.29, 0.717) is 6.54 Å². The number of aryl methyl sites for hydroxylation is 2. The molecule has 0 saturated heterocycles. The van der Waals surface area contributed by atoms with Gasteiger partial charge in [-0.2, -0.15) is 0 Å². The minimum Gasteiger partial charge on any atom is -0.352 e. The molecule has 2 rings (SSSR count). The van der Waals surface area contributed by atoms with Crippen LogP contribution in [0, 0.1) is 0 Å². The Bertz CT molecular complexity index is 571. The molecular formula is C15H21N3O. The van der Waals surface area contributed by atoms with Crippen LogP contribution < -0.4 is 11.3 Å². The van der Waals surface area contributed by atoms with Crippen molar-refractivity contribution in [3.05, 3.63) is 58.8 Å². The molecule has 0 aromatic carbocycles. The van der Waals surface area contributed by atoms with Crippen molar-refractivity contribution >= 4 is 0 Å². The number of hydrogen-bond acceptors (Lipinski definition) is 2. The number of hydrogen-bond donors (Lipinski definition) is 1. The molecule has 102 valence electrons. The summed E-state index contributed by atoms with van der Waals surface area (Å²) < 4.78 is 3.80. The molecule has 1 unspecified atom stereocenters. The first-order chi connectivity index (χ1) is 9.20. The molecule has 4 heteroatoms. The van der Waals surface area contributed by atoms with E-state index in [1.54, 1.807) is 16.7 Å². The van der Waals surface area contributed by atoms with Crippen LogP contribution in [0.4, 0.5) is 0 Å². The first-order valence-electron chi connectivity index (χ1n) is 6.77. The smallest absolute Gasteiger partial charge is 0.250 e. The molecule has 0 spiro atoms. The van der Waals surface area contributed by atoms with Crippen molar-refractivity contribution < 1.29 is 0 Å². The lowest BCUT2D eigenvalue weighted by molar-refractivity contribution is 0.563. The Kier molecular flexibility index (Phi) is 4.58. The van der Waals surface area contributed by atoms with Crippen LogP contribution >= 0.6 is 0 Å². The lowest BCUT2D eigenvalue weighted by Crippen LogP contribution is -2.20. The molecule has 0 aliphatic carbocycles. The van der Waals surface area contributed by atoms with E-state index in [2.05, 4.69) is 23.8 Å². The Balaban J connectivity index is 1.97. The molecule has 0 bridgehead atoms. The van der Waals surface area contributed by atoms with Gasteiger partial charge >= 0.3 is 0 Å². The summed E-state index contributed by atoms with van der Waals surface area (Å²) in [6.45, 7) is 3.60. The van der Waals surface area contributed by atoms with Gasteiger partial charge in [-0.25, -0.2) is 0 Å². The minimum atomic E-state index is 0.0394. The third kappa shape index (κ3) is 3.58. The van der Waals surface area contributed by atoms with Crippen LogP contribution in [0.5, 0.6) is 0 Å². The van der Waals surface area contributed by atoms with Crippen LogP contribution in [-0.4, -0.2) is 9.13 Å². The van der Waals surface area contributed by atoms with E-state index in [0.717, 1.165) is 19.4 Å². The normalized spacial score (nSPS) is 12.5. The number of pyridine rings is 1. The number of aromatic nitrogens is 2. The molecule has 0 radical (unpaired) electrons. The van der Waals surface area contributed by atoms with Crippen LogP contribution in [0.3, 0.4) is 0 Å². The molecule has 2 N–H and O–H groups in total. The Labute approximate surface area is 113 Å². The molecule has 19 heavy (non-hydrogen) atoms. The zero-order valence-electron chi connectivity index (χ0n) is 11.3. The first kappa shape index (κ1) is 13.6. The van der Waals surface area contributed by atoms with Gasteiger partial charge < -0.3 is 14.9 Å². The minimum absolute atomic E-state index is 0.0394. The highest BCUT2D eigenvalue weighted by Crippen LogP contribution is 2.15. The van der Waals surface area contributed by atoms with Crippen LogP contribution in [-0.2, 0) is 13.1 Å². The van der Waals surface area contributed by atoms with Crippen molar-refractivity contribution in [3.8, 4) is 0 Å². The van der Waals surface area contributed by atoms with E-state index in [1.165, 1.54) is 5.56 Å². The highest BCUT2D eigenvalue weighted by molar-refractivity contribution is 5.14. The summed E-state index contributed by atoms with van der Waals surface area (Å²) in [5, 5.41) is 0. The monoisotopic (exact) mass is 259 g/mol. The number of nitrogens with two attached hydrogens (primary N) is 1. The van der Waals surface area contributed by atoms with E-state index >= 15 is 0 Å². The maximum Gasteiger partial charge on any atom is 0.250 e. The van der Waals surface area contributed by atoms with Gasteiger partial charge in [0.1, 0.15) is 0 Å². The molecule has 1 atom stereocenters. The summed E-state index contributed by atoms with van der Waals surface area (Å²) in [5.74, 6) is 0. The largest absolute Gasteiger partial charge is 0.352 e. The van der Waals surface area contributed by atoms with Gasteiger partial charge in [0.05, 0.1) is 0 Å². The molecular weight excluding hydrogens is 238 g/mol. The zero-order chi connectivity index (χ0) is 13.7. The molecule has 2 aromatic heterocycles. The quantitative estimate of drug-likeness (QED) is 0.864. The van der Waals surface area contributed by atoms with Crippen molar-refractivity contribution in [2.75, 3.05) is 0 Å². The summed E-state index contributed by atoms with van der Waals surface area (Å²) >= 11 is 0. The molecule has 2 aromatic rings. The Morgan fingerprint density at radius 1 is 1.21 bits per heavy atom. The van der Waals surface area contributed by atoms with Gasteiger partial charge in [0.2, 0.25) is 0 Å².